The van der Waals surface area contributed by atoms with Crippen LogP contribution in [-0.2, 0) is 22.8 Å². The van der Waals surface area contributed by atoms with Crippen LogP contribution >= 0.6 is 0 Å². The lowest BCUT2D eigenvalue weighted by molar-refractivity contribution is 0.579. The monoisotopic (exact) mass is 247 g/mol. The van der Waals surface area contributed by atoms with Crippen molar-refractivity contribution in [3.63, 3.8) is 0 Å². The fourth-order valence-corrected chi connectivity index (χ4v) is 1.92. The largest absolute Gasteiger partial charge is 0.393 e. The molecular formula is C9H17N3O3S. The van der Waals surface area contributed by atoms with E-state index in [1.54, 1.807) is 0 Å². The molecule has 0 spiro atoms. The Morgan fingerprint density at radius 1 is 1.44 bits per heavy atom. The molecule has 1 rings (SSSR count). The van der Waals surface area contributed by atoms with Gasteiger partial charge < -0.3 is 5.73 Å². The van der Waals surface area contributed by atoms with Gasteiger partial charge in [-0.05, 0) is 6.42 Å². The number of nitrogens with two attached hydrogens (primary N) is 1. The lowest BCUT2D eigenvalue weighted by Gasteiger charge is -2.00. The van der Waals surface area contributed by atoms with Crippen LogP contribution in [0.4, 0.5) is 5.69 Å². The van der Waals surface area contributed by atoms with Gasteiger partial charge in [-0.15, -0.1) is 0 Å². The lowest BCUT2D eigenvalue weighted by Crippen LogP contribution is -2.22. The molecule has 0 aliphatic carbocycles. The molecule has 0 unspecified atom stereocenters. The van der Waals surface area contributed by atoms with Crippen molar-refractivity contribution in [1.82, 2.24) is 9.78 Å². The maximum absolute atomic E-state index is 11.6. The van der Waals surface area contributed by atoms with E-state index in [4.69, 9.17) is 5.73 Å². The molecule has 0 aliphatic rings. The molecule has 0 saturated carbocycles. The van der Waals surface area contributed by atoms with E-state index in [1.165, 1.54) is 4.68 Å². The topological polar surface area (TPSA) is 98.0 Å². The predicted molar refractivity (Wildman–Crippen MR) is 63.2 cm³/mol. The van der Waals surface area contributed by atoms with Crippen LogP contribution in [0.2, 0.25) is 0 Å². The van der Waals surface area contributed by atoms with E-state index >= 15 is 0 Å². The minimum absolute atomic E-state index is 0.0710. The average Bonchev–Trinajstić information content (AvgIpc) is 2.43. The third-order valence-corrected chi connectivity index (χ3v) is 3.18. The molecule has 0 bridgehead atoms. The van der Waals surface area contributed by atoms with Crippen LogP contribution in [-0.4, -0.2) is 30.2 Å². The number of nitrogens with one attached hydrogen (secondary N) is 1. The summed E-state index contributed by atoms with van der Waals surface area (Å²) in [5.74, 6) is -0.0710. The van der Waals surface area contributed by atoms with E-state index in [1.807, 2.05) is 6.92 Å². The third kappa shape index (κ3) is 3.13. The number of sulfone groups is 1. The number of aryl methyl sites for hydroxylation is 2. The molecule has 1 aromatic rings. The Kier molecular flexibility index (Phi) is 3.79. The maximum atomic E-state index is 11.6. The highest BCUT2D eigenvalue weighted by atomic mass is 32.2. The summed E-state index contributed by atoms with van der Waals surface area (Å²) in [5.41, 5.74) is 6.15. The number of hydrogen-bond acceptors (Lipinski definition) is 4. The number of H-pyrrole nitrogens is 1. The van der Waals surface area contributed by atoms with Crippen LogP contribution in [0.3, 0.4) is 0 Å². The Morgan fingerprint density at radius 2 is 2.06 bits per heavy atom. The van der Waals surface area contributed by atoms with Gasteiger partial charge in [0, 0.05) is 6.26 Å². The molecule has 0 fully saturated rings. The van der Waals surface area contributed by atoms with Gasteiger partial charge in [0.1, 0.15) is 15.5 Å². The molecule has 0 aromatic carbocycles. The Bertz CT molecular complexity index is 513. The normalized spacial score (nSPS) is 11.9. The van der Waals surface area contributed by atoms with Gasteiger partial charge in [0.15, 0.2) is 0 Å². The summed E-state index contributed by atoms with van der Waals surface area (Å²) in [6.45, 7) is 2.09. The summed E-state index contributed by atoms with van der Waals surface area (Å²) in [7, 11) is -3.08. The van der Waals surface area contributed by atoms with E-state index in [2.05, 4.69) is 5.10 Å². The standard InChI is InChI=1S/C9H17N3O3S/c1-3-4-7-8(10)9(13)12(11-7)5-6-16(2,14)15/h11H,3-6,10H2,1-2H3. The van der Waals surface area contributed by atoms with Crippen molar-refractivity contribution in [1.29, 1.82) is 0 Å². The highest BCUT2D eigenvalue weighted by Gasteiger charge is 2.11. The summed E-state index contributed by atoms with van der Waals surface area (Å²) >= 11 is 0. The van der Waals surface area contributed by atoms with Crippen LogP contribution < -0.4 is 11.3 Å². The number of aromatic nitrogens is 2. The Hall–Kier alpha value is -1.24. The molecule has 0 saturated heterocycles. The van der Waals surface area contributed by atoms with Crippen LogP contribution in [0.15, 0.2) is 4.79 Å². The first-order valence-corrected chi connectivity index (χ1v) is 7.16. The number of hydrogen-bond donors (Lipinski definition) is 2. The van der Waals surface area contributed by atoms with E-state index in [-0.39, 0.29) is 23.5 Å². The summed E-state index contributed by atoms with van der Waals surface area (Å²) in [6, 6.07) is 0. The van der Waals surface area contributed by atoms with Crippen LogP contribution in [0, 0.1) is 0 Å². The Balaban J connectivity index is 2.90. The van der Waals surface area contributed by atoms with E-state index in [9.17, 15) is 13.2 Å². The first-order valence-electron chi connectivity index (χ1n) is 5.10. The van der Waals surface area contributed by atoms with Crippen LogP contribution in [0.5, 0.6) is 0 Å². The quantitative estimate of drug-likeness (QED) is 0.750. The minimum Gasteiger partial charge on any atom is -0.393 e. The second-order valence-corrected chi connectivity index (χ2v) is 6.10. The van der Waals surface area contributed by atoms with Crippen molar-refractivity contribution in [2.45, 2.75) is 26.3 Å². The first kappa shape index (κ1) is 12.8. The van der Waals surface area contributed by atoms with Crippen molar-refractivity contribution in [2.24, 2.45) is 0 Å². The van der Waals surface area contributed by atoms with Gasteiger partial charge in [0.05, 0.1) is 18.0 Å². The molecule has 0 amide bonds. The van der Waals surface area contributed by atoms with Crippen LogP contribution in [0.1, 0.15) is 19.0 Å². The second kappa shape index (κ2) is 4.73. The zero-order valence-electron chi connectivity index (χ0n) is 9.49. The van der Waals surface area contributed by atoms with Gasteiger partial charge in [-0.25, -0.2) is 8.42 Å². The van der Waals surface area contributed by atoms with Crippen LogP contribution in [0.25, 0.3) is 0 Å². The predicted octanol–water partition coefficient (Wildman–Crippen LogP) is -0.244. The summed E-state index contributed by atoms with van der Waals surface area (Å²) in [4.78, 5) is 11.6. The molecule has 16 heavy (non-hydrogen) atoms. The second-order valence-electron chi connectivity index (χ2n) is 3.84. The van der Waals surface area contributed by atoms with Crippen molar-refractivity contribution < 1.29 is 8.42 Å². The Morgan fingerprint density at radius 3 is 2.56 bits per heavy atom. The summed E-state index contributed by atoms with van der Waals surface area (Å²) in [5, 5.41) is 2.84. The van der Waals surface area contributed by atoms with Crippen molar-refractivity contribution in [2.75, 3.05) is 17.7 Å². The number of anilines is 1. The lowest BCUT2D eigenvalue weighted by atomic mass is 10.2. The summed E-state index contributed by atoms with van der Waals surface area (Å²) in [6.07, 6.45) is 2.69. The maximum Gasteiger partial charge on any atom is 0.289 e. The molecule has 6 nitrogen and oxygen atoms in total. The van der Waals surface area contributed by atoms with Crippen molar-refractivity contribution in [3.8, 4) is 0 Å². The highest BCUT2D eigenvalue weighted by molar-refractivity contribution is 7.90. The number of nitrogens with zero attached hydrogens (tertiary/aromatic N) is 1. The van der Waals surface area contributed by atoms with Gasteiger partial charge in [0.2, 0.25) is 0 Å². The molecule has 0 aliphatic heterocycles. The summed E-state index contributed by atoms with van der Waals surface area (Å²) < 4.78 is 23.2. The third-order valence-electron chi connectivity index (χ3n) is 2.26. The SMILES string of the molecule is CCCc1[nH]n(CCS(C)(=O)=O)c(=O)c1N. The fraction of sp³-hybridized carbons (Fsp3) is 0.667. The van der Waals surface area contributed by atoms with Crippen molar-refractivity contribution >= 4 is 15.5 Å². The fourth-order valence-electron chi connectivity index (χ4n) is 1.40. The zero-order valence-corrected chi connectivity index (χ0v) is 10.3. The Labute approximate surface area is 94.4 Å². The van der Waals surface area contributed by atoms with Gasteiger partial charge in [-0.1, -0.05) is 13.3 Å². The van der Waals surface area contributed by atoms with Crippen molar-refractivity contribution in [3.05, 3.63) is 16.0 Å². The molecule has 1 heterocycles. The number of rotatable bonds is 5. The van der Waals surface area contributed by atoms with Gasteiger partial charge in [-0.3, -0.25) is 14.6 Å². The van der Waals surface area contributed by atoms with E-state index < -0.39 is 9.84 Å². The van der Waals surface area contributed by atoms with Gasteiger partial charge >= 0.3 is 0 Å². The smallest absolute Gasteiger partial charge is 0.289 e. The van der Waals surface area contributed by atoms with E-state index in [0.717, 1.165) is 12.7 Å². The zero-order chi connectivity index (χ0) is 12.3. The molecule has 0 radical (unpaired) electrons. The molecular weight excluding hydrogens is 230 g/mol. The van der Waals surface area contributed by atoms with Gasteiger partial charge in [0.25, 0.3) is 5.56 Å². The average molecular weight is 247 g/mol. The molecule has 3 N–H and O–H groups in total. The van der Waals surface area contributed by atoms with Gasteiger partial charge in [-0.2, -0.15) is 0 Å². The molecule has 92 valence electrons. The highest BCUT2D eigenvalue weighted by Crippen LogP contribution is 2.05. The molecule has 0 atom stereocenters. The minimum atomic E-state index is -3.08. The number of aromatic amines is 1. The molecule has 7 heteroatoms. The first-order chi connectivity index (χ1) is 7.35. The van der Waals surface area contributed by atoms with E-state index in [0.29, 0.717) is 12.1 Å². The number of nitrogen functional groups attached to an aromatic ring is 1. The molecule has 1 aromatic heterocycles.